The number of hydrogen-bond acceptors (Lipinski definition) is 1. The van der Waals surface area contributed by atoms with Crippen molar-refractivity contribution in [1.29, 1.82) is 0 Å². The van der Waals surface area contributed by atoms with Gasteiger partial charge in [0, 0.05) is 23.0 Å². The first-order valence-corrected chi connectivity index (χ1v) is 6.07. The normalized spacial score (nSPS) is 10.1. The van der Waals surface area contributed by atoms with E-state index in [1.165, 1.54) is 0 Å². The Hall–Kier alpha value is -0.680. The Bertz CT molecular complexity index is 369. The SMILES string of the molecule is C#CCCCCNCc1ccc(Cl)cc1Cl. The lowest BCUT2D eigenvalue weighted by atomic mass is 10.2. The van der Waals surface area contributed by atoms with Crippen LogP contribution in [0.2, 0.25) is 10.0 Å². The molecule has 1 aromatic carbocycles. The van der Waals surface area contributed by atoms with E-state index in [0.717, 1.165) is 37.9 Å². The Morgan fingerprint density at radius 1 is 1.25 bits per heavy atom. The summed E-state index contributed by atoms with van der Waals surface area (Å²) in [6.07, 6.45) is 8.18. The highest BCUT2D eigenvalue weighted by molar-refractivity contribution is 6.35. The first-order valence-electron chi connectivity index (χ1n) is 5.32. The Morgan fingerprint density at radius 2 is 2.06 bits per heavy atom. The van der Waals surface area contributed by atoms with Gasteiger partial charge in [0.1, 0.15) is 0 Å². The Labute approximate surface area is 107 Å². The highest BCUT2D eigenvalue weighted by atomic mass is 35.5. The van der Waals surface area contributed by atoms with Crippen molar-refractivity contribution in [2.45, 2.75) is 25.8 Å². The summed E-state index contributed by atoms with van der Waals surface area (Å²) in [6.45, 7) is 1.73. The minimum absolute atomic E-state index is 0.669. The third kappa shape index (κ3) is 4.90. The average molecular weight is 256 g/mol. The van der Waals surface area contributed by atoms with Crippen LogP contribution in [0.25, 0.3) is 0 Å². The van der Waals surface area contributed by atoms with Gasteiger partial charge in [-0.05, 0) is 37.1 Å². The van der Waals surface area contributed by atoms with Crippen LogP contribution in [0.5, 0.6) is 0 Å². The molecule has 0 aliphatic rings. The summed E-state index contributed by atoms with van der Waals surface area (Å²) in [4.78, 5) is 0. The van der Waals surface area contributed by atoms with E-state index in [1.807, 2.05) is 12.1 Å². The molecule has 0 atom stereocenters. The van der Waals surface area contributed by atoms with Crippen LogP contribution in [0.1, 0.15) is 24.8 Å². The van der Waals surface area contributed by atoms with E-state index in [4.69, 9.17) is 29.6 Å². The monoisotopic (exact) mass is 255 g/mol. The summed E-state index contributed by atoms with van der Waals surface area (Å²) in [7, 11) is 0. The van der Waals surface area contributed by atoms with E-state index in [1.54, 1.807) is 6.07 Å². The molecule has 0 unspecified atom stereocenters. The number of halogens is 2. The van der Waals surface area contributed by atoms with Crippen molar-refractivity contribution in [2.24, 2.45) is 0 Å². The maximum atomic E-state index is 6.04. The lowest BCUT2D eigenvalue weighted by Crippen LogP contribution is -2.14. The first-order chi connectivity index (χ1) is 7.74. The average Bonchev–Trinajstić information content (AvgIpc) is 2.26. The minimum Gasteiger partial charge on any atom is -0.313 e. The summed E-state index contributed by atoms with van der Waals surface area (Å²) in [5.41, 5.74) is 1.07. The van der Waals surface area contributed by atoms with Crippen LogP contribution in [0.3, 0.4) is 0 Å². The summed E-state index contributed by atoms with van der Waals surface area (Å²) in [5.74, 6) is 2.63. The van der Waals surface area contributed by atoms with Crippen molar-refractivity contribution < 1.29 is 0 Å². The van der Waals surface area contributed by atoms with Crippen LogP contribution in [-0.2, 0) is 6.54 Å². The summed E-state index contributed by atoms with van der Waals surface area (Å²) in [6, 6.07) is 5.56. The van der Waals surface area contributed by atoms with Crippen molar-refractivity contribution in [1.82, 2.24) is 5.32 Å². The minimum atomic E-state index is 0.669. The van der Waals surface area contributed by atoms with Crippen molar-refractivity contribution in [2.75, 3.05) is 6.54 Å². The molecule has 0 aliphatic carbocycles. The molecule has 3 heteroatoms. The van der Waals surface area contributed by atoms with Crippen molar-refractivity contribution in [3.8, 4) is 12.3 Å². The number of nitrogens with one attached hydrogen (secondary N) is 1. The van der Waals surface area contributed by atoms with Crippen LogP contribution in [0.4, 0.5) is 0 Å². The molecule has 0 spiro atoms. The molecule has 1 N–H and O–H groups in total. The molecule has 0 aromatic heterocycles. The molecule has 1 aromatic rings. The summed E-state index contributed by atoms with van der Waals surface area (Å²) < 4.78 is 0. The van der Waals surface area contributed by atoms with Gasteiger partial charge < -0.3 is 5.32 Å². The molecule has 1 rings (SSSR count). The van der Waals surface area contributed by atoms with Gasteiger partial charge in [0.05, 0.1) is 0 Å². The van der Waals surface area contributed by atoms with E-state index in [-0.39, 0.29) is 0 Å². The molecule has 0 saturated heterocycles. The fraction of sp³-hybridized carbons (Fsp3) is 0.385. The lowest BCUT2D eigenvalue weighted by Gasteiger charge is -2.06. The zero-order chi connectivity index (χ0) is 11.8. The van der Waals surface area contributed by atoms with Gasteiger partial charge in [0.2, 0.25) is 0 Å². The molecular weight excluding hydrogens is 241 g/mol. The second kappa shape index (κ2) is 7.57. The van der Waals surface area contributed by atoms with Gasteiger partial charge in [0.25, 0.3) is 0 Å². The van der Waals surface area contributed by atoms with Crippen molar-refractivity contribution in [3.05, 3.63) is 33.8 Å². The number of hydrogen-bond donors (Lipinski definition) is 1. The molecular formula is C13H15Cl2N. The molecule has 0 heterocycles. The van der Waals surface area contributed by atoms with E-state index in [2.05, 4.69) is 11.2 Å². The molecule has 0 fully saturated rings. The summed E-state index contributed by atoms with van der Waals surface area (Å²) >= 11 is 11.9. The number of terminal acetylenes is 1. The number of unbranched alkanes of at least 4 members (excludes halogenated alkanes) is 2. The van der Waals surface area contributed by atoms with Gasteiger partial charge in [0.15, 0.2) is 0 Å². The van der Waals surface area contributed by atoms with Gasteiger partial charge in [-0.3, -0.25) is 0 Å². The van der Waals surface area contributed by atoms with Gasteiger partial charge in [-0.2, -0.15) is 0 Å². The van der Waals surface area contributed by atoms with Gasteiger partial charge >= 0.3 is 0 Å². The largest absolute Gasteiger partial charge is 0.313 e. The molecule has 0 bridgehead atoms. The van der Waals surface area contributed by atoms with Gasteiger partial charge in [-0.1, -0.05) is 29.3 Å². The van der Waals surface area contributed by atoms with Crippen LogP contribution in [-0.4, -0.2) is 6.54 Å². The molecule has 1 nitrogen and oxygen atoms in total. The topological polar surface area (TPSA) is 12.0 Å². The number of rotatable bonds is 6. The van der Waals surface area contributed by atoms with E-state index >= 15 is 0 Å². The number of benzene rings is 1. The predicted octanol–water partition coefficient (Wildman–Crippen LogP) is 3.89. The fourth-order valence-electron chi connectivity index (χ4n) is 1.37. The Balaban J connectivity index is 2.25. The van der Waals surface area contributed by atoms with Crippen LogP contribution in [0.15, 0.2) is 18.2 Å². The van der Waals surface area contributed by atoms with Crippen LogP contribution < -0.4 is 5.32 Å². The Morgan fingerprint density at radius 3 is 2.75 bits per heavy atom. The van der Waals surface area contributed by atoms with Gasteiger partial charge in [-0.25, -0.2) is 0 Å². The fourth-order valence-corrected chi connectivity index (χ4v) is 1.84. The third-order valence-electron chi connectivity index (χ3n) is 2.26. The third-order valence-corrected chi connectivity index (χ3v) is 2.84. The molecule has 0 radical (unpaired) electrons. The zero-order valence-corrected chi connectivity index (χ0v) is 10.6. The van der Waals surface area contributed by atoms with Crippen LogP contribution in [0, 0.1) is 12.3 Å². The standard InChI is InChI=1S/C13H15Cl2N/c1-2-3-4-5-8-16-10-11-6-7-12(14)9-13(11)15/h1,6-7,9,16H,3-5,8,10H2. The van der Waals surface area contributed by atoms with Crippen molar-refractivity contribution >= 4 is 23.2 Å². The molecule has 0 aliphatic heterocycles. The first kappa shape index (κ1) is 13.4. The molecule has 86 valence electrons. The van der Waals surface area contributed by atoms with E-state index in [0.29, 0.717) is 10.0 Å². The second-order valence-electron chi connectivity index (χ2n) is 3.57. The molecule has 0 saturated carbocycles. The summed E-state index contributed by atoms with van der Waals surface area (Å²) in [5, 5.41) is 4.71. The lowest BCUT2D eigenvalue weighted by molar-refractivity contribution is 0.630. The van der Waals surface area contributed by atoms with Crippen LogP contribution >= 0.6 is 23.2 Å². The zero-order valence-electron chi connectivity index (χ0n) is 9.10. The van der Waals surface area contributed by atoms with E-state index < -0.39 is 0 Å². The maximum absolute atomic E-state index is 6.04. The Kier molecular flexibility index (Phi) is 6.33. The second-order valence-corrected chi connectivity index (χ2v) is 4.42. The highest BCUT2D eigenvalue weighted by Crippen LogP contribution is 2.20. The smallest absolute Gasteiger partial charge is 0.0465 e. The molecule has 0 amide bonds. The van der Waals surface area contributed by atoms with E-state index in [9.17, 15) is 0 Å². The quantitative estimate of drug-likeness (QED) is 0.601. The highest BCUT2D eigenvalue weighted by Gasteiger charge is 2.00. The molecule has 16 heavy (non-hydrogen) atoms. The predicted molar refractivity (Wildman–Crippen MR) is 70.9 cm³/mol. The van der Waals surface area contributed by atoms with Gasteiger partial charge in [-0.15, -0.1) is 12.3 Å². The maximum Gasteiger partial charge on any atom is 0.0465 e. The van der Waals surface area contributed by atoms with Crippen molar-refractivity contribution in [3.63, 3.8) is 0 Å².